The van der Waals surface area contributed by atoms with E-state index in [2.05, 4.69) is 73.0 Å². The van der Waals surface area contributed by atoms with Crippen LogP contribution in [0.2, 0.25) is 0 Å². The topological polar surface area (TPSA) is 37.3 Å². The lowest BCUT2D eigenvalue weighted by atomic mass is 9.86. The largest absolute Gasteiger partial charge is 0.388 e. The van der Waals surface area contributed by atoms with E-state index in [1.54, 1.807) is 0 Å². The van der Waals surface area contributed by atoms with Crippen LogP contribution in [0.3, 0.4) is 0 Å². The molecule has 146 valence electrons. The molecule has 0 radical (unpaired) electrons. The molecule has 3 nitrogen and oxygen atoms in total. The van der Waals surface area contributed by atoms with Crippen LogP contribution in [0.4, 0.5) is 5.69 Å². The minimum absolute atomic E-state index is 0.789. The number of hydrogen-bond donors (Lipinski definition) is 1. The van der Waals surface area contributed by atoms with Gasteiger partial charge in [0.05, 0.1) is 12.1 Å². The van der Waals surface area contributed by atoms with Crippen molar-refractivity contribution in [2.45, 2.75) is 27.2 Å². The lowest BCUT2D eigenvalue weighted by Gasteiger charge is -2.20. The molecular formula is C26H27N3. The van der Waals surface area contributed by atoms with E-state index in [-0.39, 0.29) is 0 Å². The van der Waals surface area contributed by atoms with E-state index >= 15 is 0 Å². The van der Waals surface area contributed by atoms with Gasteiger partial charge in [0.2, 0.25) is 0 Å². The third-order valence-corrected chi connectivity index (χ3v) is 5.76. The number of aryl methyl sites for hydroxylation is 1. The van der Waals surface area contributed by atoms with Crippen LogP contribution in [0, 0.1) is 6.92 Å². The van der Waals surface area contributed by atoms with Gasteiger partial charge in [0, 0.05) is 35.6 Å². The van der Waals surface area contributed by atoms with Crippen molar-refractivity contribution in [3.63, 3.8) is 0 Å². The third kappa shape index (κ3) is 3.27. The van der Waals surface area contributed by atoms with Gasteiger partial charge in [-0.25, -0.2) is 0 Å². The molecule has 0 bridgehead atoms. The van der Waals surface area contributed by atoms with E-state index in [4.69, 9.17) is 0 Å². The van der Waals surface area contributed by atoms with Gasteiger partial charge < -0.3 is 5.32 Å². The number of benzene rings is 2. The molecule has 29 heavy (non-hydrogen) atoms. The fourth-order valence-electron chi connectivity index (χ4n) is 4.41. The predicted octanol–water partition coefficient (Wildman–Crippen LogP) is 6.23. The summed E-state index contributed by atoms with van der Waals surface area (Å²) in [6.45, 7) is 11.3. The van der Waals surface area contributed by atoms with Gasteiger partial charge in [0.15, 0.2) is 0 Å². The molecular weight excluding hydrogens is 354 g/mol. The van der Waals surface area contributed by atoms with Crippen molar-refractivity contribution in [2.24, 2.45) is 4.99 Å². The molecule has 1 aromatic heterocycles. The number of hydrogen-bond acceptors (Lipinski definition) is 3. The van der Waals surface area contributed by atoms with Crippen LogP contribution in [0.15, 0.2) is 65.8 Å². The standard InChI is InChI=1S/C26H27N3/c1-6-8-20-22(26-16(2)10-11-23-21(26)9-7-12-28-23)13-19(14-24(20)27-5)25-17(3)15-29-18(25)4/h6-7,9-14,27H,1,8,15H2,2-5H3. The fraction of sp³-hybridized carbons (Fsp3) is 0.231. The molecule has 1 N–H and O–H groups in total. The first-order valence-electron chi connectivity index (χ1n) is 10.1. The molecule has 3 aromatic rings. The summed E-state index contributed by atoms with van der Waals surface area (Å²) < 4.78 is 0. The zero-order valence-corrected chi connectivity index (χ0v) is 17.6. The lowest BCUT2D eigenvalue weighted by Crippen LogP contribution is -2.03. The number of nitrogens with one attached hydrogen (secondary N) is 1. The molecule has 0 spiro atoms. The number of anilines is 1. The van der Waals surface area contributed by atoms with E-state index in [1.807, 2.05) is 25.4 Å². The molecule has 0 saturated heterocycles. The van der Waals surface area contributed by atoms with Crippen molar-refractivity contribution < 1.29 is 0 Å². The first kappa shape index (κ1) is 19.1. The van der Waals surface area contributed by atoms with Crippen molar-refractivity contribution in [3.8, 4) is 11.1 Å². The van der Waals surface area contributed by atoms with Gasteiger partial charge in [-0.3, -0.25) is 9.98 Å². The summed E-state index contributed by atoms with van der Waals surface area (Å²) in [4.78, 5) is 9.24. The van der Waals surface area contributed by atoms with Gasteiger partial charge in [-0.15, -0.1) is 6.58 Å². The second kappa shape index (κ2) is 7.67. The average Bonchev–Trinajstić information content (AvgIpc) is 3.06. The Bertz CT molecular complexity index is 1180. The molecule has 1 aliphatic rings. The summed E-state index contributed by atoms with van der Waals surface area (Å²) in [5.74, 6) is 0. The Kier molecular flexibility index (Phi) is 5.06. The van der Waals surface area contributed by atoms with Crippen LogP contribution in [-0.4, -0.2) is 24.3 Å². The number of nitrogens with zero attached hydrogens (tertiary/aromatic N) is 2. The van der Waals surface area contributed by atoms with Gasteiger partial charge in [0.1, 0.15) is 0 Å². The normalized spacial score (nSPS) is 13.7. The zero-order valence-electron chi connectivity index (χ0n) is 17.6. The maximum Gasteiger partial charge on any atom is 0.0708 e. The number of aliphatic imine (C=N–C) groups is 1. The van der Waals surface area contributed by atoms with Gasteiger partial charge >= 0.3 is 0 Å². The maximum absolute atomic E-state index is 4.66. The Balaban J connectivity index is 2.09. The molecule has 0 saturated carbocycles. The van der Waals surface area contributed by atoms with Crippen LogP contribution in [0.1, 0.15) is 30.5 Å². The second-order valence-electron chi connectivity index (χ2n) is 7.68. The summed E-state index contributed by atoms with van der Waals surface area (Å²) in [6, 6.07) is 13.0. The van der Waals surface area contributed by atoms with Gasteiger partial charge in [-0.2, -0.15) is 0 Å². The van der Waals surface area contributed by atoms with Crippen molar-refractivity contribution in [1.82, 2.24) is 4.98 Å². The summed E-state index contributed by atoms with van der Waals surface area (Å²) in [5.41, 5.74) is 12.1. The average molecular weight is 382 g/mol. The molecule has 0 atom stereocenters. The third-order valence-electron chi connectivity index (χ3n) is 5.76. The molecule has 0 unspecified atom stereocenters. The Labute approximate surface area is 172 Å². The smallest absolute Gasteiger partial charge is 0.0708 e. The monoisotopic (exact) mass is 381 g/mol. The van der Waals surface area contributed by atoms with Crippen LogP contribution in [0.25, 0.3) is 27.6 Å². The first-order valence-corrected chi connectivity index (χ1v) is 10.1. The SMILES string of the molecule is C=CCc1c(NC)cc(C2=C(C)CN=C2C)cc1-c1c(C)ccc2ncccc12. The minimum Gasteiger partial charge on any atom is -0.388 e. The fourth-order valence-corrected chi connectivity index (χ4v) is 4.41. The molecule has 0 aliphatic carbocycles. The van der Waals surface area contributed by atoms with E-state index < -0.39 is 0 Å². The van der Waals surface area contributed by atoms with Gasteiger partial charge in [-0.1, -0.05) is 18.2 Å². The molecule has 2 heterocycles. The Morgan fingerprint density at radius 3 is 2.66 bits per heavy atom. The highest BCUT2D eigenvalue weighted by atomic mass is 14.8. The zero-order chi connectivity index (χ0) is 20.5. The highest BCUT2D eigenvalue weighted by Gasteiger charge is 2.20. The molecule has 3 heteroatoms. The van der Waals surface area contributed by atoms with E-state index in [0.717, 1.165) is 29.9 Å². The molecule has 0 fully saturated rings. The summed E-state index contributed by atoms with van der Waals surface area (Å²) in [7, 11) is 1.99. The minimum atomic E-state index is 0.789. The summed E-state index contributed by atoms with van der Waals surface area (Å²) in [6.07, 6.45) is 4.63. The quantitative estimate of drug-likeness (QED) is 0.532. The van der Waals surface area contributed by atoms with Crippen molar-refractivity contribution >= 4 is 27.9 Å². The number of pyridine rings is 1. The van der Waals surface area contributed by atoms with Crippen molar-refractivity contribution in [3.05, 3.63) is 77.5 Å². The number of fused-ring (bicyclic) bond motifs is 1. The lowest BCUT2D eigenvalue weighted by molar-refractivity contribution is 1.18. The van der Waals surface area contributed by atoms with Crippen LogP contribution < -0.4 is 5.32 Å². The molecule has 0 amide bonds. The molecule has 2 aromatic carbocycles. The van der Waals surface area contributed by atoms with E-state index in [9.17, 15) is 0 Å². The number of rotatable bonds is 5. The van der Waals surface area contributed by atoms with E-state index in [1.165, 1.54) is 44.3 Å². The molecule has 1 aliphatic heterocycles. The highest BCUT2D eigenvalue weighted by molar-refractivity contribution is 6.25. The van der Waals surface area contributed by atoms with Gasteiger partial charge in [0.25, 0.3) is 0 Å². The molecule has 4 rings (SSSR count). The number of aromatic nitrogens is 1. The van der Waals surface area contributed by atoms with Crippen LogP contribution >= 0.6 is 0 Å². The van der Waals surface area contributed by atoms with E-state index in [0.29, 0.717) is 0 Å². The van der Waals surface area contributed by atoms with Crippen molar-refractivity contribution in [1.29, 1.82) is 0 Å². The maximum atomic E-state index is 4.66. The summed E-state index contributed by atoms with van der Waals surface area (Å²) in [5, 5.41) is 4.61. The van der Waals surface area contributed by atoms with Gasteiger partial charge in [-0.05, 0) is 84.8 Å². The summed E-state index contributed by atoms with van der Waals surface area (Å²) >= 11 is 0. The second-order valence-corrected chi connectivity index (χ2v) is 7.68. The van der Waals surface area contributed by atoms with Crippen molar-refractivity contribution in [2.75, 3.05) is 18.9 Å². The highest BCUT2D eigenvalue weighted by Crippen LogP contribution is 2.40. The Hall–Kier alpha value is -3.20. The Morgan fingerprint density at radius 1 is 1.14 bits per heavy atom. The van der Waals surface area contributed by atoms with Crippen LogP contribution in [0.5, 0.6) is 0 Å². The first-order chi connectivity index (χ1) is 14.0. The van der Waals surface area contributed by atoms with Crippen LogP contribution in [-0.2, 0) is 6.42 Å². The number of allylic oxidation sites excluding steroid dienone is 2. The predicted molar refractivity (Wildman–Crippen MR) is 126 cm³/mol. The Morgan fingerprint density at radius 2 is 1.97 bits per heavy atom.